The fourth-order valence-electron chi connectivity index (χ4n) is 1.33. The number of carbonyl (C=O) groups excluding carboxylic acids is 1. The largest absolute Gasteiger partial charge is 0.298 e. The third-order valence-corrected chi connectivity index (χ3v) is 5.26. The zero-order valence-corrected chi connectivity index (χ0v) is 12.9. The van der Waals surface area contributed by atoms with Gasteiger partial charge in [-0.1, -0.05) is 17.7 Å². The van der Waals surface area contributed by atoms with Gasteiger partial charge in [0.15, 0.2) is 6.29 Å². The molecule has 6 heteroatoms. The van der Waals surface area contributed by atoms with Crippen LogP contribution in [0.2, 0.25) is 5.02 Å². The van der Waals surface area contributed by atoms with E-state index in [0.717, 1.165) is 19.4 Å². The van der Waals surface area contributed by atoms with Crippen molar-refractivity contribution in [3.8, 4) is 5.69 Å². The zero-order chi connectivity index (χ0) is 11.7. The molecule has 0 aliphatic carbocycles. The van der Waals surface area contributed by atoms with Gasteiger partial charge in [0.1, 0.15) is 13.7 Å². The molecule has 0 aliphatic rings. The van der Waals surface area contributed by atoms with Crippen molar-refractivity contribution in [1.82, 2.24) is 9.55 Å². The summed E-state index contributed by atoms with van der Waals surface area (Å²) in [4.78, 5) is 15.2. The summed E-state index contributed by atoms with van der Waals surface area (Å²) < 4.78 is 3.70. The maximum atomic E-state index is 11.0. The van der Waals surface area contributed by atoms with Gasteiger partial charge in [-0.15, -0.1) is 0 Å². The first kappa shape index (κ1) is 12.3. The van der Waals surface area contributed by atoms with Gasteiger partial charge in [-0.25, -0.2) is 4.98 Å². The maximum Gasteiger partial charge on any atom is 0.153 e. The van der Waals surface area contributed by atoms with E-state index in [4.69, 9.17) is 11.6 Å². The van der Waals surface area contributed by atoms with Crippen LogP contribution in [0.1, 0.15) is 10.4 Å². The number of benzene rings is 1. The molecule has 0 saturated carbocycles. The van der Waals surface area contributed by atoms with Crippen LogP contribution in [-0.4, -0.2) is 15.8 Å². The van der Waals surface area contributed by atoms with Crippen LogP contribution in [0.4, 0.5) is 0 Å². The molecule has 0 fully saturated rings. The van der Waals surface area contributed by atoms with Crippen LogP contribution in [0, 0.1) is 7.40 Å². The number of rotatable bonds is 2. The normalized spacial score (nSPS) is 10.4. The average Bonchev–Trinajstić information content (AvgIpc) is 2.59. The number of halogens is 3. The van der Waals surface area contributed by atoms with Gasteiger partial charge >= 0.3 is 0 Å². The first-order chi connectivity index (χ1) is 7.65. The minimum absolute atomic E-state index is 0.451. The predicted molar refractivity (Wildman–Crippen MR) is 79.4 cm³/mol. The molecule has 0 spiro atoms. The van der Waals surface area contributed by atoms with E-state index in [1.165, 1.54) is 0 Å². The number of aldehydes is 1. The van der Waals surface area contributed by atoms with Gasteiger partial charge < -0.3 is 0 Å². The molecule has 1 aromatic heterocycles. The van der Waals surface area contributed by atoms with Crippen LogP contribution >= 0.6 is 56.8 Å². The third kappa shape index (κ3) is 2.12. The van der Waals surface area contributed by atoms with Crippen LogP contribution in [0.3, 0.4) is 0 Å². The summed E-state index contributed by atoms with van der Waals surface area (Å²) in [5.74, 6) is 0. The Morgan fingerprint density at radius 1 is 1.38 bits per heavy atom. The summed E-state index contributed by atoms with van der Waals surface area (Å²) in [6, 6.07) is 5.35. The van der Waals surface area contributed by atoms with Crippen LogP contribution in [0.25, 0.3) is 5.69 Å². The lowest BCUT2D eigenvalue weighted by Gasteiger charge is -2.08. The van der Waals surface area contributed by atoms with E-state index in [9.17, 15) is 4.79 Å². The Morgan fingerprint density at radius 2 is 2.12 bits per heavy atom. The molecule has 2 rings (SSSR count). The average molecular weight is 458 g/mol. The van der Waals surface area contributed by atoms with E-state index < -0.39 is 0 Å². The number of imidazole rings is 1. The molecule has 3 nitrogen and oxygen atoms in total. The number of hydrogen-bond acceptors (Lipinski definition) is 2. The lowest BCUT2D eigenvalue weighted by molar-refractivity contribution is 0.112. The first-order valence-electron chi connectivity index (χ1n) is 4.27. The van der Waals surface area contributed by atoms with Crippen LogP contribution in [0.15, 0.2) is 24.5 Å². The second-order valence-electron chi connectivity index (χ2n) is 2.99. The van der Waals surface area contributed by atoms with Crippen molar-refractivity contribution in [3.05, 3.63) is 42.5 Å². The van der Waals surface area contributed by atoms with Crippen molar-refractivity contribution >= 4 is 63.1 Å². The number of carbonyl (C=O) groups is 1. The molecule has 2 aromatic rings. The van der Waals surface area contributed by atoms with E-state index in [-0.39, 0.29) is 0 Å². The van der Waals surface area contributed by atoms with Crippen LogP contribution < -0.4 is 0 Å². The first-order valence-corrected chi connectivity index (χ1v) is 6.81. The Labute approximate surface area is 124 Å². The summed E-state index contributed by atoms with van der Waals surface area (Å²) in [7, 11) is 0. The predicted octanol–water partition coefficient (Wildman–Crippen LogP) is 3.55. The van der Waals surface area contributed by atoms with E-state index in [2.05, 4.69) is 50.2 Å². The standard InChI is InChI=1S/C10H5ClI2N2O/c11-7-2-1-3-8(6(7)4-16)15-5-14-9(12)10(15)13/h1-5H. The van der Waals surface area contributed by atoms with Crippen molar-refractivity contribution in [2.75, 3.05) is 0 Å². The number of hydrogen-bond donors (Lipinski definition) is 0. The highest BCUT2D eigenvalue weighted by Crippen LogP contribution is 2.24. The van der Waals surface area contributed by atoms with Crippen LogP contribution in [-0.2, 0) is 0 Å². The molecule has 0 amide bonds. The van der Waals surface area contributed by atoms with Crippen molar-refractivity contribution in [3.63, 3.8) is 0 Å². The smallest absolute Gasteiger partial charge is 0.153 e. The second kappa shape index (κ2) is 5.01. The van der Waals surface area contributed by atoms with Crippen molar-refractivity contribution < 1.29 is 4.79 Å². The van der Waals surface area contributed by atoms with Gasteiger partial charge in [0.25, 0.3) is 0 Å². The molecule has 0 atom stereocenters. The SMILES string of the molecule is O=Cc1c(Cl)cccc1-n1cnc(I)c1I. The molecule has 0 radical (unpaired) electrons. The molecule has 0 N–H and O–H groups in total. The minimum atomic E-state index is 0.451. The van der Waals surface area contributed by atoms with Gasteiger partial charge in [0.2, 0.25) is 0 Å². The molecule has 0 bridgehead atoms. The summed E-state index contributed by atoms with van der Waals surface area (Å²) >= 11 is 10.3. The fraction of sp³-hybridized carbons (Fsp3) is 0. The lowest BCUT2D eigenvalue weighted by atomic mass is 10.2. The van der Waals surface area contributed by atoms with Crippen LogP contribution in [0.5, 0.6) is 0 Å². The monoisotopic (exact) mass is 458 g/mol. The Balaban J connectivity index is 2.69. The van der Waals surface area contributed by atoms with Crippen molar-refractivity contribution in [2.24, 2.45) is 0 Å². The van der Waals surface area contributed by atoms with Gasteiger partial charge in [0.05, 0.1) is 16.3 Å². The maximum absolute atomic E-state index is 11.0. The zero-order valence-electron chi connectivity index (χ0n) is 7.82. The van der Waals surface area contributed by atoms with Gasteiger partial charge in [-0.3, -0.25) is 9.36 Å². The highest BCUT2D eigenvalue weighted by Gasteiger charge is 2.12. The topological polar surface area (TPSA) is 34.9 Å². The molecule has 1 heterocycles. The Morgan fingerprint density at radius 3 is 2.69 bits per heavy atom. The number of nitrogens with zero attached hydrogens (tertiary/aromatic N) is 2. The molecule has 0 aliphatic heterocycles. The Kier molecular flexibility index (Phi) is 3.85. The Bertz CT molecular complexity index is 554. The summed E-state index contributed by atoms with van der Waals surface area (Å²) in [5, 5.41) is 0.451. The highest BCUT2D eigenvalue weighted by atomic mass is 127. The summed E-state index contributed by atoms with van der Waals surface area (Å²) in [6.07, 6.45) is 2.45. The number of aromatic nitrogens is 2. The second-order valence-corrected chi connectivity index (χ2v) is 5.44. The minimum Gasteiger partial charge on any atom is -0.298 e. The van der Waals surface area contributed by atoms with Crippen molar-refractivity contribution in [2.45, 2.75) is 0 Å². The van der Waals surface area contributed by atoms with Crippen molar-refractivity contribution in [1.29, 1.82) is 0 Å². The van der Waals surface area contributed by atoms with E-state index in [1.807, 2.05) is 16.7 Å². The quantitative estimate of drug-likeness (QED) is 0.510. The molecule has 16 heavy (non-hydrogen) atoms. The molecular weight excluding hydrogens is 453 g/mol. The van der Waals surface area contributed by atoms with E-state index in [0.29, 0.717) is 10.6 Å². The molecule has 0 unspecified atom stereocenters. The fourth-order valence-corrected chi connectivity index (χ4v) is 2.45. The van der Waals surface area contributed by atoms with Gasteiger partial charge in [-0.05, 0) is 57.3 Å². The Hall–Kier alpha value is -0.150. The molecular formula is C10H5ClI2N2O. The summed E-state index contributed by atoms with van der Waals surface area (Å²) in [6.45, 7) is 0. The molecule has 0 saturated heterocycles. The third-order valence-electron chi connectivity index (χ3n) is 2.08. The molecule has 1 aromatic carbocycles. The highest BCUT2D eigenvalue weighted by molar-refractivity contribution is 14.1. The van der Waals surface area contributed by atoms with Gasteiger partial charge in [0, 0.05) is 0 Å². The van der Waals surface area contributed by atoms with E-state index >= 15 is 0 Å². The summed E-state index contributed by atoms with van der Waals surface area (Å²) in [5.41, 5.74) is 1.23. The lowest BCUT2D eigenvalue weighted by Crippen LogP contribution is -2.00. The van der Waals surface area contributed by atoms with Gasteiger partial charge in [-0.2, -0.15) is 0 Å². The molecule has 82 valence electrons. The van der Waals surface area contributed by atoms with E-state index in [1.54, 1.807) is 12.4 Å².